The Morgan fingerprint density at radius 3 is 2.47 bits per heavy atom. The predicted molar refractivity (Wildman–Crippen MR) is 64.7 cm³/mol. The van der Waals surface area contributed by atoms with Gasteiger partial charge in [-0.3, -0.25) is 4.79 Å². The molecule has 4 nitrogen and oxygen atoms in total. The van der Waals surface area contributed by atoms with Gasteiger partial charge >= 0.3 is 0 Å². The minimum atomic E-state index is -0.402. The Balaban J connectivity index is 1.66. The molecule has 3 fully saturated rings. The fraction of sp³-hybridized carbons (Fsp3) is 0.923. The SMILES string of the molecule is CN1CCC(C2CN(C)C(=O)C3(CC3)O2)CC1. The van der Waals surface area contributed by atoms with Crippen LogP contribution in [0.25, 0.3) is 0 Å². The molecule has 0 radical (unpaired) electrons. The molecule has 1 unspecified atom stereocenters. The number of rotatable bonds is 1. The molecule has 3 rings (SSSR count). The maximum Gasteiger partial charge on any atom is 0.254 e. The number of ether oxygens (including phenoxy) is 1. The monoisotopic (exact) mass is 238 g/mol. The normalized spacial score (nSPS) is 34.4. The largest absolute Gasteiger partial charge is 0.360 e. The number of hydrogen-bond acceptors (Lipinski definition) is 3. The number of amides is 1. The zero-order chi connectivity index (χ0) is 12.0. The molecular formula is C13H22N2O2. The first kappa shape index (κ1) is 11.5. The maximum atomic E-state index is 12.0. The summed E-state index contributed by atoms with van der Waals surface area (Å²) in [6.45, 7) is 3.11. The third-order valence-electron chi connectivity index (χ3n) is 4.56. The van der Waals surface area contributed by atoms with Crippen molar-refractivity contribution in [2.75, 3.05) is 33.7 Å². The van der Waals surface area contributed by atoms with Gasteiger partial charge in [0.2, 0.25) is 0 Å². The van der Waals surface area contributed by atoms with Gasteiger partial charge in [-0.2, -0.15) is 0 Å². The Morgan fingerprint density at radius 1 is 1.24 bits per heavy atom. The molecule has 2 aliphatic heterocycles. The third-order valence-corrected chi connectivity index (χ3v) is 4.56. The molecule has 0 aromatic heterocycles. The lowest BCUT2D eigenvalue weighted by atomic mass is 9.90. The number of carbonyl (C=O) groups excluding carboxylic acids is 1. The van der Waals surface area contributed by atoms with Gasteiger partial charge in [0.1, 0.15) is 5.60 Å². The van der Waals surface area contributed by atoms with Gasteiger partial charge < -0.3 is 14.5 Å². The van der Waals surface area contributed by atoms with Gasteiger partial charge in [0.15, 0.2) is 0 Å². The molecule has 1 saturated carbocycles. The fourth-order valence-electron chi connectivity index (χ4n) is 3.17. The first-order valence-electron chi connectivity index (χ1n) is 6.73. The molecular weight excluding hydrogens is 216 g/mol. The van der Waals surface area contributed by atoms with Crippen molar-refractivity contribution < 1.29 is 9.53 Å². The van der Waals surface area contributed by atoms with Crippen molar-refractivity contribution >= 4 is 5.91 Å². The molecule has 0 aromatic rings. The molecule has 0 bridgehead atoms. The van der Waals surface area contributed by atoms with E-state index in [4.69, 9.17) is 4.74 Å². The van der Waals surface area contributed by atoms with Gasteiger partial charge in [-0.1, -0.05) is 0 Å². The van der Waals surface area contributed by atoms with E-state index in [1.54, 1.807) is 0 Å². The van der Waals surface area contributed by atoms with Gasteiger partial charge in [-0.05, 0) is 51.7 Å². The molecule has 0 aromatic carbocycles. The number of morpholine rings is 1. The molecule has 96 valence electrons. The average molecular weight is 238 g/mol. The second-order valence-electron chi connectivity index (χ2n) is 5.98. The molecule has 1 atom stereocenters. The number of carbonyl (C=O) groups is 1. The maximum absolute atomic E-state index is 12.0. The second kappa shape index (κ2) is 3.95. The van der Waals surface area contributed by atoms with Crippen LogP contribution in [0.5, 0.6) is 0 Å². The van der Waals surface area contributed by atoms with Gasteiger partial charge in [-0.15, -0.1) is 0 Å². The molecule has 2 heterocycles. The summed E-state index contributed by atoms with van der Waals surface area (Å²) in [5.41, 5.74) is -0.402. The van der Waals surface area contributed by atoms with Gasteiger partial charge in [0.05, 0.1) is 6.10 Å². The van der Waals surface area contributed by atoms with E-state index >= 15 is 0 Å². The lowest BCUT2D eigenvalue weighted by Crippen LogP contribution is -2.54. The van der Waals surface area contributed by atoms with Crippen LogP contribution in [0.15, 0.2) is 0 Å². The molecule has 0 N–H and O–H groups in total. The van der Waals surface area contributed by atoms with E-state index in [9.17, 15) is 4.79 Å². The summed E-state index contributed by atoms with van der Waals surface area (Å²) in [6.07, 6.45) is 4.55. The van der Waals surface area contributed by atoms with Crippen LogP contribution in [0.1, 0.15) is 25.7 Å². The number of hydrogen-bond donors (Lipinski definition) is 0. The quantitative estimate of drug-likeness (QED) is 0.675. The van der Waals surface area contributed by atoms with Gasteiger partial charge in [0.25, 0.3) is 5.91 Å². The summed E-state index contributed by atoms with van der Waals surface area (Å²) in [4.78, 5) is 16.2. The minimum absolute atomic E-state index is 0.210. The lowest BCUT2D eigenvalue weighted by Gasteiger charge is -2.42. The smallest absolute Gasteiger partial charge is 0.254 e. The molecule has 2 saturated heterocycles. The van der Waals surface area contributed by atoms with E-state index < -0.39 is 5.60 Å². The first-order chi connectivity index (χ1) is 8.11. The number of nitrogens with zero attached hydrogens (tertiary/aromatic N) is 2. The van der Waals surface area contributed by atoms with Crippen LogP contribution >= 0.6 is 0 Å². The molecule has 3 aliphatic rings. The summed E-state index contributed by atoms with van der Waals surface area (Å²) in [5.74, 6) is 0.848. The van der Waals surface area contributed by atoms with Crippen LogP contribution in [-0.2, 0) is 9.53 Å². The Morgan fingerprint density at radius 2 is 1.88 bits per heavy atom. The van der Waals surface area contributed by atoms with Crippen LogP contribution < -0.4 is 0 Å². The van der Waals surface area contributed by atoms with Crippen molar-refractivity contribution in [2.24, 2.45) is 5.92 Å². The summed E-state index contributed by atoms with van der Waals surface area (Å²) < 4.78 is 6.13. The van der Waals surface area contributed by atoms with Crippen molar-refractivity contribution in [3.63, 3.8) is 0 Å². The van der Waals surface area contributed by atoms with Crippen LogP contribution in [0.2, 0.25) is 0 Å². The topological polar surface area (TPSA) is 32.8 Å². The minimum Gasteiger partial charge on any atom is -0.360 e. The Bertz CT molecular complexity index is 319. The van der Waals surface area contributed by atoms with E-state index in [0.29, 0.717) is 5.92 Å². The summed E-state index contributed by atoms with van der Waals surface area (Å²) in [7, 11) is 4.10. The molecule has 1 spiro atoms. The zero-order valence-corrected chi connectivity index (χ0v) is 10.8. The molecule has 17 heavy (non-hydrogen) atoms. The van der Waals surface area contributed by atoms with Crippen LogP contribution in [-0.4, -0.2) is 61.1 Å². The van der Waals surface area contributed by atoms with Crippen LogP contribution in [0, 0.1) is 5.92 Å². The van der Waals surface area contributed by atoms with Crippen molar-refractivity contribution in [1.82, 2.24) is 9.80 Å². The highest BCUT2D eigenvalue weighted by atomic mass is 16.5. The zero-order valence-electron chi connectivity index (χ0n) is 10.8. The number of piperidine rings is 1. The predicted octanol–water partition coefficient (Wildman–Crippen LogP) is 0.718. The number of likely N-dealkylation sites (tertiary alicyclic amines) is 1. The summed E-state index contributed by atoms with van der Waals surface area (Å²) in [6, 6.07) is 0. The van der Waals surface area contributed by atoms with E-state index in [1.165, 1.54) is 12.8 Å². The van der Waals surface area contributed by atoms with Crippen molar-refractivity contribution in [3.8, 4) is 0 Å². The standard InChI is InChI=1S/C13H22N2O2/c1-14-7-3-10(4-8-14)11-9-15(2)12(16)13(17-11)5-6-13/h10-11H,3-9H2,1-2H3. The van der Waals surface area contributed by atoms with Gasteiger partial charge in [0, 0.05) is 13.6 Å². The lowest BCUT2D eigenvalue weighted by molar-refractivity contribution is -0.172. The van der Waals surface area contributed by atoms with E-state index in [1.807, 2.05) is 11.9 Å². The molecule has 1 amide bonds. The Kier molecular flexibility index (Phi) is 2.67. The highest BCUT2D eigenvalue weighted by Gasteiger charge is 2.57. The van der Waals surface area contributed by atoms with Gasteiger partial charge in [-0.25, -0.2) is 0 Å². The average Bonchev–Trinajstić information content (AvgIpc) is 3.07. The third kappa shape index (κ3) is 1.97. The van der Waals surface area contributed by atoms with E-state index in [-0.39, 0.29) is 12.0 Å². The van der Waals surface area contributed by atoms with E-state index in [2.05, 4.69) is 11.9 Å². The second-order valence-corrected chi connectivity index (χ2v) is 5.98. The van der Waals surface area contributed by atoms with Crippen molar-refractivity contribution in [3.05, 3.63) is 0 Å². The Hall–Kier alpha value is -0.610. The highest BCUT2D eigenvalue weighted by Crippen LogP contribution is 2.46. The first-order valence-corrected chi connectivity index (χ1v) is 6.73. The number of likely N-dealkylation sites (N-methyl/N-ethyl adjacent to an activating group) is 1. The van der Waals surface area contributed by atoms with Crippen molar-refractivity contribution in [2.45, 2.75) is 37.4 Å². The van der Waals surface area contributed by atoms with E-state index in [0.717, 1.165) is 32.5 Å². The van der Waals surface area contributed by atoms with Crippen LogP contribution in [0.4, 0.5) is 0 Å². The highest BCUT2D eigenvalue weighted by molar-refractivity contribution is 5.88. The molecule has 1 aliphatic carbocycles. The fourth-order valence-corrected chi connectivity index (χ4v) is 3.17. The summed E-state index contributed by atoms with van der Waals surface area (Å²) in [5, 5.41) is 0. The Labute approximate surface area is 103 Å². The van der Waals surface area contributed by atoms with Crippen molar-refractivity contribution in [1.29, 1.82) is 0 Å². The summed E-state index contributed by atoms with van der Waals surface area (Å²) >= 11 is 0. The van der Waals surface area contributed by atoms with Crippen LogP contribution in [0.3, 0.4) is 0 Å². The molecule has 4 heteroatoms.